The number of benzene rings is 2. The van der Waals surface area contributed by atoms with Crippen LogP contribution in [0.5, 0.6) is 0 Å². The van der Waals surface area contributed by atoms with E-state index in [0.717, 1.165) is 44.7 Å². The summed E-state index contributed by atoms with van der Waals surface area (Å²) >= 11 is 0. The van der Waals surface area contributed by atoms with Gasteiger partial charge in [-0.25, -0.2) is 4.39 Å². The maximum Gasteiger partial charge on any atom is 0.234 e. The van der Waals surface area contributed by atoms with Crippen LogP contribution >= 0.6 is 0 Å². The van der Waals surface area contributed by atoms with Crippen molar-refractivity contribution in [2.24, 2.45) is 0 Å². The standard InChI is InChI=1S/C21H26FN3O/c22-19-8-10-20(11-9-19)25-15-13-24(14-16-25)17-21(26)23-12-4-7-18-5-2-1-3-6-18/h1-3,5-6,8-11H,4,7,12-17H2,(H,23,26). The van der Waals surface area contributed by atoms with E-state index in [0.29, 0.717) is 13.1 Å². The first-order chi connectivity index (χ1) is 12.7. The lowest BCUT2D eigenvalue weighted by Crippen LogP contribution is -2.49. The summed E-state index contributed by atoms with van der Waals surface area (Å²) in [6.45, 7) is 4.55. The van der Waals surface area contributed by atoms with E-state index in [1.165, 1.54) is 17.7 Å². The molecule has 2 aromatic carbocycles. The Morgan fingerprint density at radius 2 is 1.65 bits per heavy atom. The van der Waals surface area contributed by atoms with Crippen LogP contribution in [0.2, 0.25) is 0 Å². The Hall–Kier alpha value is -2.40. The maximum atomic E-state index is 13.0. The van der Waals surface area contributed by atoms with Gasteiger partial charge in [0.15, 0.2) is 0 Å². The Morgan fingerprint density at radius 1 is 0.962 bits per heavy atom. The Bertz CT molecular complexity index is 682. The molecule has 0 saturated carbocycles. The number of carbonyl (C=O) groups is 1. The van der Waals surface area contributed by atoms with Crippen molar-refractivity contribution >= 4 is 11.6 Å². The zero-order chi connectivity index (χ0) is 18.2. The van der Waals surface area contributed by atoms with Crippen LogP contribution in [0.15, 0.2) is 54.6 Å². The largest absolute Gasteiger partial charge is 0.369 e. The average Bonchev–Trinajstić information content (AvgIpc) is 2.67. The van der Waals surface area contributed by atoms with Gasteiger partial charge in [0.2, 0.25) is 5.91 Å². The summed E-state index contributed by atoms with van der Waals surface area (Å²) in [6.07, 6.45) is 1.94. The summed E-state index contributed by atoms with van der Waals surface area (Å²) in [6, 6.07) is 16.9. The second-order valence-corrected chi connectivity index (χ2v) is 6.68. The zero-order valence-corrected chi connectivity index (χ0v) is 15.0. The SMILES string of the molecule is O=C(CN1CCN(c2ccc(F)cc2)CC1)NCCCc1ccccc1. The summed E-state index contributed by atoms with van der Waals surface area (Å²) in [4.78, 5) is 16.5. The van der Waals surface area contributed by atoms with Crippen LogP contribution in [0.3, 0.4) is 0 Å². The van der Waals surface area contributed by atoms with Crippen molar-refractivity contribution < 1.29 is 9.18 Å². The van der Waals surface area contributed by atoms with Gasteiger partial charge >= 0.3 is 0 Å². The fourth-order valence-electron chi connectivity index (χ4n) is 3.24. The highest BCUT2D eigenvalue weighted by Gasteiger charge is 2.19. The number of carbonyl (C=O) groups excluding carboxylic acids is 1. The van der Waals surface area contributed by atoms with Gasteiger partial charge in [0.25, 0.3) is 0 Å². The number of rotatable bonds is 7. The minimum Gasteiger partial charge on any atom is -0.369 e. The predicted molar refractivity (Wildman–Crippen MR) is 103 cm³/mol. The minimum atomic E-state index is -0.212. The molecule has 0 atom stereocenters. The highest BCUT2D eigenvalue weighted by atomic mass is 19.1. The van der Waals surface area contributed by atoms with E-state index >= 15 is 0 Å². The maximum absolute atomic E-state index is 13.0. The molecule has 0 spiro atoms. The average molecular weight is 355 g/mol. The van der Waals surface area contributed by atoms with Crippen LogP contribution < -0.4 is 10.2 Å². The first-order valence-electron chi connectivity index (χ1n) is 9.24. The molecule has 26 heavy (non-hydrogen) atoms. The van der Waals surface area contributed by atoms with Gasteiger partial charge in [-0.2, -0.15) is 0 Å². The highest BCUT2D eigenvalue weighted by molar-refractivity contribution is 5.78. The lowest BCUT2D eigenvalue weighted by atomic mass is 10.1. The fourth-order valence-corrected chi connectivity index (χ4v) is 3.24. The number of aryl methyl sites for hydroxylation is 1. The highest BCUT2D eigenvalue weighted by Crippen LogP contribution is 2.16. The van der Waals surface area contributed by atoms with Gasteiger partial charge in [-0.3, -0.25) is 9.69 Å². The first-order valence-corrected chi connectivity index (χ1v) is 9.24. The molecule has 1 amide bonds. The van der Waals surface area contributed by atoms with Crippen LogP contribution in [0.1, 0.15) is 12.0 Å². The monoisotopic (exact) mass is 355 g/mol. The minimum absolute atomic E-state index is 0.0910. The number of halogens is 1. The summed E-state index contributed by atoms with van der Waals surface area (Å²) in [5.41, 5.74) is 2.34. The van der Waals surface area contributed by atoms with E-state index in [9.17, 15) is 9.18 Å². The molecule has 4 nitrogen and oxygen atoms in total. The fraction of sp³-hybridized carbons (Fsp3) is 0.381. The van der Waals surface area contributed by atoms with Gasteiger partial charge in [0.1, 0.15) is 5.82 Å². The normalized spacial score (nSPS) is 15.0. The van der Waals surface area contributed by atoms with Crippen molar-refractivity contribution in [3.05, 3.63) is 66.0 Å². The molecule has 1 saturated heterocycles. The van der Waals surface area contributed by atoms with Crippen LogP contribution in [0.25, 0.3) is 0 Å². The Balaban J connectivity index is 1.32. The molecular formula is C21H26FN3O. The molecule has 0 aromatic heterocycles. The Kier molecular flexibility index (Phi) is 6.61. The third-order valence-electron chi connectivity index (χ3n) is 4.74. The second kappa shape index (κ2) is 9.34. The topological polar surface area (TPSA) is 35.6 Å². The van der Waals surface area contributed by atoms with Crippen molar-refractivity contribution in [1.82, 2.24) is 10.2 Å². The van der Waals surface area contributed by atoms with Crippen LogP contribution in [0.4, 0.5) is 10.1 Å². The van der Waals surface area contributed by atoms with E-state index in [1.807, 2.05) is 30.3 Å². The van der Waals surface area contributed by atoms with E-state index in [2.05, 4.69) is 27.2 Å². The van der Waals surface area contributed by atoms with Crippen LogP contribution in [-0.4, -0.2) is 50.1 Å². The van der Waals surface area contributed by atoms with Gasteiger partial charge < -0.3 is 10.2 Å². The van der Waals surface area contributed by atoms with Crippen LogP contribution in [-0.2, 0) is 11.2 Å². The molecule has 2 aromatic rings. The van der Waals surface area contributed by atoms with Crippen molar-refractivity contribution in [3.8, 4) is 0 Å². The Morgan fingerprint density at radius 3 is 2.35 bits per heavy atom. The molecule has 0 bridgehead atoms. The van der Waals surface area contributed by atoms with Gasteiger partial charge in [0.05, 0.1) is 6.54 Å². The van der Waals surface area contributed by atoms with E-state index < -0.39 is 0 Å². The van der Waals surface area contributed by atoms with E-state index in [4.69, 9.17) is 0 Å². The van der Waals surface area contributed by atoms with Gasteiger partial charge in [-0.1, -0.05) is 30.3 Å². The summed E-state index contributed by atoms with van der Waals surface area (Å²) in [5, 5.41) is 3.01. The molecule has 1 N–H and O–H groups in total. The van der Waals surface area contributed by atoms with E-state index in [1.54, 1.807) is 0 Å². The van der Waals surface area contributed by atoms with Crippen molar-refractivity contribution in [1.29, 1.82) is 0 Å². The number of nitrogens with zero attached hydrogens (tertiary/aromatic N) is 2. The van der Waals surface area contributed by atoms with Gasteiger partial charge in [0, 0.05) is 38.4 Å². The summed E-state index contributed by atoms with van der Waals surface area (Å²) in [5.74, 6) is -0.121. The zero-order valence-electron chi connectivity index (χ0n) is 15.0. The molecule has 1 aliphatic heterocycles. The molecule has 1 aliphatic rings. The van der Waals surface area contributed by atoms with Gasteiger partial charge in [-0.15, -0.1) is 0 Å². The van der Waals surface area contributed by atoms with Crippen molar-refractivity contribution in [2.45, 2.75) is 12.8 Å². The Labute approximate surface area is 154 Å². The predicted octanol–water partition coefficient (Wildman–Crippen LogP) is 2.70. The summed E-state index contributed by atoms with van der Waals surface area (Å²) < 4.78 is 13.0. The molecule has 1 heterocycles. The van der Waals surface area contributed by atoms with Crippen molar-refractivity contribution in [2.75, 3.05) is 44.2 Å². The molecule has 5 heteroatoms. The first kappa shape index (κ1) is 18.4. The van der Waals surface area contributed by atoms with Gasteiger partial charge in [-0.05, 0) is 42.7 Å². The molecule has 138 valence electrons. The van der Waals surface area contributed by atoms with Crippen molar-refractivity contribution in [3.63, 3.8) is 0 Å². The van der Waals surface area contributed by atoms with E-state index in [-0.39, 0.29) is 11.7 Å². The number of anilines is 1. The number of piperazine rings is 1. The smallest absolute Gasteiger partial charge is 0.234 e. The summed E-state index contributed by atoms with van der Waals surface area (Å²) in [7, 11) is 0. The molecule has 3 rings (SSSR count). The number of hydrogen-bond acceptors (Lipinski definition) is 3. The lowest BCUT2D eigenvalue weighted by molar-refractivity contribution is -0.122. The number of hydrogen-bond donors (Lipinski definition) is 1. The number of amides is 1. The quantitative estimate of drug-likeness (QED) is 0.776. The third kappa shape index (κ3) is 5.56. The molecule has 0 unspecified atom stereocenters. The second-order valence-electron chi connectivity index (χ2n) is 6.68. The number of nitrogens with one attached hydrogen (secondary N) is 1. The third-order valence-corrected chi connectivity index (χ3v) is 4.74. The molecule has 1 fully saturated rings. The molecule has 0 aliphatic carbocycles. The lowest BCUT2D eigenvalue weighted by Gasteiger charge is -2.35. The van der Waals surface area contributed by atoms with Crippen LogP contribution in [0, 0.1) is 5.82 Å². The molecule has 0 radical (unpaired) electrons. The molecular weight excluding hydrogens is 329 g/mol.